The van der Waals surface area contributed by atoms with Crippen LogP contribution < -0.4 is 3.07 Å². The van der Waals surface area contributed by atoms with Gasteiger partial charge in [-0.25, -0.2) is 4.39 Å². The van der Waals surface area contributed by atoms with E-state index in [0.717, 1.165) is 0 Å². The minimum atomic E-state index is -0.195. The van der Waals surface area contributed by atoms with Crippen LogP contribution in [0.25, 0.3) is 0 Å². The van der Waals surface area contributed by atoms with E-state index >= 15 is 0 Å². The van der Waals surface area contributed by atoms with Crippen LogP contribution in [0.4, 0.5) is 4.39 Å². The maximum absolute atomic E-state index is 13.2. The summed E-state index contributed by atoms with van der Waals surface area (Å²) in [6.45, 7) is 3.88. The summed E-state index contributed by atoms with van der Waals surface area (Å²) in [4.78, 5) is 0. The van der Waals surface area contributed by atoms with Crippen LogP contribution >= 0.6 is 23.0 Å². The third-order valence-corrected chi connectivity index (χ3v) is 2.15. The minimum absolute atomic E-state index is 0.149. The third-order valence-electron chi connectivity index (χ3n) is 1.67. The van der Waals surface area contributed by atoms with Crippen LogP contribution in [-0.4, -0.2) is 0 Å². The average molecular weight is 280 g/mol. The van der Waals surface area contributed by atoms with Crippen LogP contribution in [0.3, 0.4) is 0 Å². The number of benzene rings is 1. The van der Waals surface area contributed by atoms with Gasteiger partial charge < -0.3 is 3.07 Å². The fourth-order valence-electron chi connectivity index (χ4n) is 1.14. The topological polar surface area (TPSA) is 9.23 Å². The molecule has 0 amide bonds. The maximum atomic E-state index is 13.2. The minimum Gasteiger partial charge on any atom is -0.427 e. The molecule has 12 heavy (non-hydrogen) atoms. The summed E-state index contributed by atoms with van der Waals surface area (Å²) >= 11 is 1.76. The first kappa shape index (κ1) is 9.77. The van der Waals surface area contributed by atoms with E-state index in [2.05, 4.69) is 0 Å². The fourth-order valence-corrected chi connectivity index (χ4v) is 1.53. The molecule has 0 saturated heterocycles. The lowest BCUT2D eigenvalue weighted by molar-refractivity contribution is 0.578. The molecule has 66 valence electrons. The van der Waals surface area contributed by atoms with Crippen molar-refractivity contribution < 1.29 is 7.46 Å². The lowest BCUT2D eigenvalue weighted by Crippen LogP contribution is -1.95. The Morgan fingerprint density at radius 3 is 2.50 bits per heavy atom. The van der Waals surface area contributed by atoms with Crippen LogP contribution in [0.5, 0.6) is 5.75 Å². The third kappa shape index (κ3) is 1.88. The van der Waals surface area contributed by atoms with Gasteiger partial charge in [0, 0.05) is 5.56 Å². The summed E-state index contributed by atoms with van der Waals surface area (Å²) in [5.74, 6) is 0.570. The average Bonchev–Trinajstić information content (AvgIpc) is 2.03. The smallest absolute Gasteiger partial charge is 0.192 e. The van der Waals surface area contributed by atoms with Crippen molar-refractivity contribution in [3.05, 3.63) is 29.6 Å². The highest BCUT2D eigenvalue weighted by Gasteiger charge is 2.12. The molecule has 1 aromatic rings. The quantitative estimate of drug-likeness (QED) is 0.751. The van der Waals surface area contributed by atoms with E-state index in [9.17, 15) is 4.39 Å². The summed E-state index contributed by atoms with van der Waals surface area (Å²) in [5, 5.41) is 0. The van der Waals surface area contributed by atoms with Crippen LogP contribution in [0.15, 0.2) is 18.2 Å². The Hall–Kier alpha value is -0.320. The lowest BCUT2D eigenvalue weighted by Gasteiger charge is -2.10. The molecule has 0 saturated carbocycles. The Labute approximate surface area is 85.6 Å². The van der Waals surface area contributed by atoms with Gasteiger partial charge in [0.25, 0.3) is 0 Å². The van der Waals surface area contributed by atoms with Gasteiger partial charge in [-0.05, 0) is 18.1 Å². The molecule has 0 heterocycles. The second-order valence-electron chi connectivity index (χ2n) is 2.88. The van der Waals surface area contributed by atoms with Crippen molar-refractivity contribution in [2.45, 2.75) is 19.8 Å². The number of hydrogen-bond acceptors (Lipinski definition) is 1. The first-order chi connectivity index (χ1) is 5.66. The molecular formula is C9H10FIO. The van der Waals surface area contributed by atoms with Crippen molar-refractivity contribution in [1.29, 1.82) is 0 Å². The first-order valence-electron chi connectivity index (χ1n) is 3.73. The molecule has 0 atom stereocenters. The molecular weight excluding hydrogens is 270 g/mol. The van der Waals surface area contributed by atoms with Gasteiger partial charge in [-0.3, -0.25) is 0 Å². The van der Waals surface area contributed by atoms with E-state index in [1.807, 2.05) is 13.8 Å². The molecule has 0 aromatic heterocycles. The number of hydrogen-bond donors (Lipinski definition) is 0. The molecule has 0 fully saturated rings. The van der Waals surface area contributed by atoms with Crippen molar-refractivity contribution in [2.75, 3.05) is 0 Å². The zero-order valence-electron chi connectivity index (χ0n) is 6.97. The van der Waals surface area contributed by atoms with E-state index in [4.69, 9.17) is 3.07 Å². The van der Waals surface area contributed by atoms with Crippen molar-refractivity contribution >= 4 is 23.0 Å². The highest BCUT2D eigenvalue weighted by atomic mass is 127. The van der Waals surface area contributed by atoms with Crippen molar-refractivity contribution in [2.24, 2.45) is 0 Å². The van der Waals surface area contributed by atoms with E-state index < -0.39 is 0 Å². The summed E-state index contributed by atoms with van der Waals surface area (Å²) in [6, 6.07) is 4.87. The summed E-state index contributed by atoms with van der Waals surface area (Å²) < 4.78 is 18.2. The monoisotopic (exact) mass is 280 g/mol. The van der Waals surface area contributed by atoms with Gasteiger partial charge >= 0.3 is 0 Å². The number of halogens is 2. The number of rotatable bonds is 2. The molecule has 0 spiro atoms. The maximum Gasteiger partial charge on any atom is 0.192 e. The van der Waals surface area contributed by atoms with Crippen LogP contribution in [0.2, 0.25) is 0 Å². The predicted octanol–water partition coefficient (Wildman–Crippen LogP) is 3.68. The SMILES string of the molecule is CC(C)c1c(F)cccc1OI. The normalized spacial score (nSPS) is 10.4. The Bertz CT molecular complexity index is 273. The Morgan fingerprint density at radius 1 is 1.42 bits per heavy atom. The molecule has 0 aliphatic carbocycles. The van der Waals surface area contributed by atoms with Gasteiger partial charge in [-0.15, -0.1) is 0 Å². The summed E-state index contributed by atoms with van der Waals surface area (Å²) in [6.07, 6.45) is 0. The second-order valence-corrected chi connectivity index (χ2v) is 3.32. The molecule has 0 N–H and O–H groups in total. The molecule has 1 rings (SSSR count). The standard InChI is InChI=1S/C9H10FIO/c1-6(2)9-7(10)4-3-5-8(9)12-11/h3-6H,1-2H3. The lowest BCUT2D eigenvalue weighted by atomic mass is 10.0. The van der Waals surface area contributed by atoms with Gasteiger partial charge in [0.2, 0.25) is 0 Å². The Balaban J connectivity index is 3.20. The van der Waals surface area contributed by atoms with Gasteiger partial charge in [-0.2, -0.15) is 0 Å². The van der Waals surface area contributed by atoms with Gasteiger partial charge in [-0.1, -0.05) is 19.9 Å². The van der Waals surface area contributed by atoms with E-state index in [1.165, 1.54) is 6.07 Å². The largest absolute Gasteiger partial charge is 0.427 e. The molecule has 0 aliphatic heterocycles. The zero-order chi connectivity index (χ0) is 9.14. The van der Waals surface area contributed by atoms with Crippen LogP contribution in [0, 0.1) is 5.82 Å². The highest BCUT2D eigenvalue weighted by molar-refractivity contribution is 14.1. The highest BCUT2D eigenvalue weighted by Crippen LogP contribution is 2.29. The van der Waals surface area contributed by atoms with Crippen molar-refractivity contribution in [1.82, 2.24) is 0 Å². The Kier molecular flexibility index (Phi) is 3.31. The van der Waals surface area contributed by atoms with E-state index in [0.29, 0.717) is 11.3 Å². The predicted molar refractivity (Wildman–Crippen MR) is 55.1 cm³/mol. The molecule has 0 bridgehead atoms. The molecule has 1 aromatic carbocycles. The van der Waals surface area contributed by atoms with E-state index in [-0.39, 0.29) is 11.7 Å². The second kappa shape index (κ2) is 4.07. The first-order valence-corrected chi connectivity index (χ1v) is 4.62. The van der Waals surface area contributed by atoms with Gasteiger partial charge in [0.1, 0.15) is 11.6 Å². The molecule has 0 aliphatic rings. The van der Waals surface area contributed by atoms with Crippen molar-refractivity contribution in [3.8, 4) is 5.75 Å². The fraction of sp³-hybridized carbons (Fsp3) is 0.333. The molecule has 1 nitrogen and oxygen atoms in total. The van der Waals surface area contributed by atoms with Crippen LogP contribution in [0.1, 0.15) is 25.3 Å². The summed E-state index contributed by atoms with van der Waals surface area (Å²) in [7, 11) is 0. The van der Waals surface area contributed by atoms with Gasteiger partial charge in [0.05, 0.1) is 0 Å². The zero-order valence-corrected chi connectivity index (χ0v) is 9.13. The Morgan fingerprint density at radius 2 is 2.08 bits per heavy atom. The molecule has 3 heteroatoms. The molecule has 0 unspecified atom stereocenters. The summed E-state index contributed by atoms with van der Waals surface area (Å²) in [5.41, 5.74) is 0.645. The molecule has 0 radical (unpaired) electrons. The van der Waals surface area contributed by atoms with Crippen LogP contribution in [-0.2, 0) is 0 Å². The van der Waals surface area contributed by atoms with Crippen molar-refractivity contribution in [3.63, 3.8) is 0 Å². The van der Waals surface area contributed by atoms with E-state index in [1.54, 1.807) is 35.1 Å². The van der Waals surface area contributed by atoms with Gasteiger partial charge in [0.15, 0.2) is 23.0 Å².